The van der Waals surface area contributed by atoms with Crippen molar-refractivity contribution in [1.29, 1.82) is 0 Å². The van der Waals surface area contributed by atoms with Crippen LogP contribution in [0.5, 0.6) is 0 Å². The van der Waals surface area contributed by atoms with Crippen LogP contribution in [0.4, 0.5) is 0 Å². The molecule has 1 aliphatic rings. The fourth-order valence-corrected chi connectivity index (χ4v) is 2.55. The molecule has 0 unspecified atom stereocenters. The monoisotopic (exact) mass is 203 g/mol. The molecule has 1 saturated carbocycles. The lowest BCUT2D eigenvalue weighted by atomic mass is 9.64. The first-order valence-electron chi connectivity index (χ1n) is 5.92. The van der Waals surface area contributed by atoms with Gasteiger partial charge in [0.15, 0.2) is 0 Å². The lowest BCUT2D eigenvalue weighted by molar-refractivity contribution is 0.143. The Morgan fingerprint density at radius 1 is 1.27 bits per heavy atom. The van der Waals surface area contributed by atoms with Gasteiger partial charge in [-0.25, -0.2) is 0 Å². The Balaban J connectivity index is 2.20. The quantitative estimate of drug-likeness (QED) is 0.784. The van der Waals surface area contributed by atoms with Gasteiger partial charge in [-0.05, 0) is 49.3 Å². The van der Waals surface area contributed by atoms with Crippen molar-refractivity contribution in [2.24, 2.45) is 11.7 Å². The van der Waals surface area contributed by atoms with E-state index in [2.05, 4.69) is 39.0 Å². The van der Waals surface area contributed by atoms with Gasteiger partial charge in [0.1, 0.15) is 0 Å². The number of nitrogens with two attached hydrogens (primary N) is 1. The normalized spacial score (nSPS) is 30.0. The second kappa shape index (κ2) is 3.64. The van der Waals surface area contributed by atoms with E-state index in [-0.39, 0.29) is 5.54 Å². The highest BCUT2D eigenvalue weighted by Gasteiger charge is 2.41. The molecule has 0 atom stereocenters. The van der Waals surface area contributed by atoms with Gasteiger partial charge in [-0.2, -0.15) is 0 Å². The van der Waals surface area contributed by atoms with Crippen molar-refractivity contribution < 1.29 is 0 Å². The van der Waals surface area contributed by atoms with Crippen LogP contribution in [0.15, 0.2) is 18.2 Å². The van der Waals surface area contributed by atoms with Gasteiger partial charge in [-0.15, -0.1) is 0 Å². The van der Waals surface area contributed by atoms with Crippen LogP contribution in [0, 0.1) is 19.8 Å². The first-order valence-corrected chi connectivity index (χ1v) is 5.92. The summed E-state index contributed by atoms with van der Waals surface area (Å²) in [4.78, 5) is 0. The number of benzene rings is 1. The van der Waals surface area contributed by atoms with E-state index in [1.807, 2.05) is 0 Å². The van der Waals surface area contributed by atoms with E-state index in [0.717, 1.165) is 18.8 Å². The molecule has 0 radical (unpaired) electrons. The zero-order valence-electron chi connectivity index (χ0n) is 10.0. The molecule has 0 aromatic heterocycles. The highest BCUT2D eigenvalue weighted by Crippen LogP contribution is 2.45. The van der Waals surface area contributed by atoms with Gasteiger partial charge in [0.05, 0.1) is 0 Å². The molecule has 1 nitrogen and oxygen atoms in total. The predicted molar refractivity (Wildman–Crippen MR) is 64.8 cm³/mol. The topological polar surface area (TPSA) is 26.0 Å². The molecular weight excluding hydrogens is 182 g/mol. The molecule has 1 aliphatic carbocycles. The Hall–Kier alpha value is -0.820. The van der Waals surface area contributed by atoms with Gasteiger partial charge in [0.25, 0.3) is 0 Å². The number of hydrogen-bond acceptors (Lipinski definition) is 1. The summed E-state index contributed by atoms with van der Waals surface area (Å²) >= 11 is 0. The number of rotatable bonds is 2. The van der Waals surface area contributed by atoms with Crippen molar-refractivity contribution in [2.45, 2.75) is 45.6 Å². The molecule has 0 aliphatic heterocycles. The highest BCUT2D eigenvalue weighted by atomic mass is 14.8. The fourth-order valence-electron chi connectivity index (χ4n) is 2.55. The van der Waals surface area contributed by atoms with Gasteiger partial charge >= 0.3 is 0 Å². The first kappa shape index (κ1) is 10.7. The molecule has 2 rings (SSSR count). The van der Waals surface area contributed by atoms with Crippen LogP contribution in [-0.4, -0.2) is 0 Å². The first-order chi connectivity index (χ1) is 7.05. The molecular formula is C14H21N. The maximum atomic E-state index is 6.41. The third-order valence-corrected chi connectivity index (χ3v) is 3.97. The van der Waals surface area contributed by atoms with Crippen LogP contribution >= 0.6 is 0 Å². The van der Waals surface area contributed by atoms with E-state index < -0.39 is 0 Å². The van der Waals surface area contributed by atoms with E-state index in [1.54, 1.807) is 0 Å². The summed E-state index contributed by atoms with van der Waals surface area (Å²) < 4.78 is 0. The molecule has 0 bridgehead atoms. The fraction of sp³-hybridized carbons (Fsp3) is 0.571. The second-order valence-electron chi connectivity index (χ2n) is 5.14. The van der Waals surface area contributed by atoms with Gasteiger partial charge in [0, 0.05) is 5.54 Å². The molecule has 1 aromatic rings. The molecule has 1 heteroatoms. The van der Waals surface area contributed by atoms with Gasteiger partial charge in [-0.3, -0.25) is 0 Å². The van der Waals surface area contributed by atoms with Gasteiger partial charge in [0.2, 0.25) is 0 Å². The molecule has 0 saturated heterocycles. The number of hydrogen-bond donors (Lipinski definition) is 1. The SMILES string of the molecule is CCC1CC(N)(c2ccc(C)c(C)c2)C1. The maximum Gasteiger partial charge on any atom is 0.0415 e. The standard InChI is InChI=1S/C14H21N/c1-4-12-8-14(15,9-12)13-6-5-10(2)11(3)7-13/h5-7,12H,4,8-9,15H2,1-3H3. The minimum absolute atomic E-state index is 0.0286. The lowest BCUT2D eigenvalue weighted by Crippen LogP contribution is -2.48. The zero-order chi connectivity index (χ0) is 11.1. The van der Waals surface area contributed by atoms with Crippen LogP contribution in [0.1, 0.15) is 42.9 Å². The zero-order valence-corrected chi connectivity index (χ0v) is 10.0. The Kier molecular flexibility index (Phi) is 2.59. The van der Waals surface area contributed by atoms with Crippen molar-refractivity contribution in [3.8, 4) is 0 Å². The predicted octanol–water partition coefficient (Wildman–Crippen LogP) is 3.28. The summed E-state index contributed by atoms with van der Waals surface area (Å²) in [6.07, 6.45) is 3.59. The lowest BCUT2D eigenvalue weighted by Gasteiger charge is -2.45. The molecule has 0 heterocycles. The molecule has 1 fully saturated rings. The van der Waals surface area contributed by atoms with Crippen LogP contribution in [0.2, 0.25) is 0 Å². The summed E-state index contributed by atoms with van der Waals surface area (Å²) in [6.45, 7) is 6.57. The van der Waals surface area contributed by atoms with E-state index in [1.165, 1.54) is 23.1 Å². The summed E-state index contributed by atoms with van der Waals surface area (Å²) in [7, 11) is 0. The van der Waals surface area contributed by atoms with E-state index in [4.69, 9.17) is 5.73 Å². The minimum atomic E-state index is -0.0286. The van der Waals surface area contributed by atoms with Crippen LogP contribution in [0.25, 0.3) is 0 Å². The Labute approximate surface area is 92.7 Å². The average molecular weight is 203 g/mol. The minimum Gasteiger partial charge on any atom is -0.321 e. The van der Waals surface area contributed by atoms with Crippen LogP contribution < -0.4 is 5.73 Å². The van der Waals surface area contributed by atoms with E-state index in [0.29, 0.717) is 0 Å². The van der Waals surface area contributed by atoms with Crippen molar-refractivity contribution in [3.63, 3.8) is 0 Å². The molecule has 0 spiro atoms. The molecule has 0 amide bonds. The Morgan fingerprint density at radius 3 is 2.47 bits per heavy atom. The molecule has 82 valence electrons. The molecule has 1 aromatic carbocycles. The summed E-state index contributed by atoms with van der Waals surface area (Å²) in [5, 5.41) is 0. The largest absolute Gasteiger partial charge is 0.321 e. The van der Waals surface area contributed by atoms with Crippen molar-refractivity contribution in [3.05, 3.63) is 34.9 Å². The molecule has 15 heavy (non-hydrogen) atoms. The van der Waals surface area contributed by atoms with Crippen LogP contribution in [-0.2, 0) is 5.54 Å². The highest BCUT2D eigenvalue weighted by molar-refractivity contribution is 5.35. The van der Waals surface area contributed by atoms with E-state index >= 15 is 0 Å². The Bertz CT molecular complexity index is 362. The van der Waals surface area contributed by atoms with E-state index in [9.17, 15) is 0 Å². The van der Waals surface area contributed by atoms with Crippen LogP contribution in [0.3, 0.4) is 0 Å². The maximum absolute atomic E-state index is 6.41. The van der Waals surface area contributed by atoms with Gasteiger partial charge < -0.3 is 5.73 Å². The summed E-state index contributed by atoms with van der Waals surface area (Å²) in [6, 6.07) is 6.66. The Morgan fingerprint density at radius 2 is 1.93 bits per heavy atom. The summed E-state index contributed by atoms with van der Waals surface area (Å²) in [5.41, 5.74) is 10.4. The molecule has 2 N–H and O–H groups in total. The summed E-state index contributed by atoms with van der Waals surface area (Å²) in [5.74, 6) is 0.844. The van der Waals surface area contributed by atoms with Gasteiger partial charge in [-0.1, -0.05) is 31.5 Å². The second-order valence-corrected chi connectivity index (χ2v) is 5.14. The third-order valence-electron chi connectivity index (χ3n) is 3.97. The van der Waals surface area contributed by atoms with Crippen molar-refractivity contribution in [1.82, 2.24) is 0 Å². The van der Waals surface area contributed by atoms with Crippen molar-refractivity contribution >= 4 is 0 Å². The number of aryl methyl sites for hydroxylation is 2. The third kappa shape index (κ3) is 1.81. The van der Waals surface area contributed by atoms with Crippen molar-refractivity contribution in [2.75, 3.05) is 0 Å². The average Bonchev–Trinajstić information content (AvgIpc) is 2.17. The smallest absolute Gasteiger partial charge is 0.0415 e.